The van der Waals surface area contributed by atoms with E-state index in [0.717, 1.165) is 29.2 Å². The van der Waals surface area contributed by atoms with E-state index in [0.29, 0.717) is 26.2 Å². The molecule has 35 heavy (non-hydrogen) atoms. The standard InChI is InChI=1S/C26H38N6O3/c1-7-19(2)32(25(34)27-26(3,4)5)18-24(33)31-15-13-30(14-16-31)23-12-11-22(28-29-23)20-9-8-10-21(17-20)35-6/h8-12,17,19H,7,13-16,18H2,1-6H3,(H,27,34)/t19-/m0/s1. The largest absolute Gasteiger partial charge is 0.497 e. The van der Waals surface area contributed by atoms with Gasteiger partial charge in [0.1, 0.15) is 12.3 Å². The molecule has 1 aromatic heterocycles. The lowest BCUT2D eigenvalue weighted by molar-refractivity contribution is -0.132. The normalized spacial score (nSPS) is 14.9. The smallest absolute Gasteiger partial charge is 0.318 e. The average molecular weight is 483 g/mol. The maximum atomic E-state index is 13.0. The minimum Gasteiger partial charge on any atom is -0.497 e. The van der Waals surface area contributed by atoms with Gasteiger partial charge in [-0.3, -0.25) is 4.79 Å². The molecule has 1 aliphatic rings. The van der Waals surface area contributed by atoms with Crippen LogP contribution in [0.25, 0.3) is 11.3 Å². The van der Waals surface area contributed by atoms with E-state index >= 15 is 0 Å². The lowest BCUT2D eigenvalue weighted by Crippen LogP contribution is -2.56. The Morgan fingerprint density at radius 1 is 1.11 bits per heavy atom. The van der Waals surface area contributed by atoms with Crippen LogP contribution in [0.2, 0.25) is 0 Å². The molecule has 0 saturated carbocycles. The Balaban J connectivity index is 1.58. The van der Waals surface area contributed by atoms with E-state index in [9.17, 15) is 9.59 Å². The number of piperazine rings is 1. The number of aromatic nitrogens is 2. The van der Waals surface area contributed by atoms with E-state index in [1.165, 1.54) is 0 Å². The molecule has 0 spiro atoms. The van der Waals surface area contributed by atoms with E-state index < -0.39 is 0 Å². The third-order valence-corrected chi connectivity index (χ3v) is 6.14. The van der Waals surface area contributed by atoms with Gasteiger partial charge < -0.3 is 24.8 Å². The maximum absolute atomic E-state index is 13.0. The number of rotatable bonds is 7. The van der Waals surface area contributed by atoms with Crippen LogP contribution >= 0.6 is 0 Å². The molecule has 9 nitrogen and oxygen atoms in total. The van der Waals surface area contributed by atoms with E-state index in [4.69, 9.17) is 4.74 Å². The van der Waals surface area contributed by atoms with E-state index in [1.54, 1.807) is 12.0 Å². The number of ether oxygens (including phenoxy) is 1. The number of amides is 3. The molecule has 1 saturated heterocycles. The SMILES string of the molecule is CC[C@H](C)N(CC(=O)N1CCN(c2ccc(-c3cccc(OC)c3)nn2)CC1)C(=O)NC(C)(C)C. The summed E-state index contributed by atoms with van der Waals surface area (Å²) in [5.41, 5.74) is 1.36. The first kappa shape index (κ1) is 26.2. The summed E-state index contributed by atoms with van der Waals surface area (Å²) in [6, 6.07) is 11.4. The number of carbonyl (C=O) groups excluding carboxylic acids is 2. The molecular weight excluding hydrogens is 444 g/mol. The van der Waals surface area contributed by atoms with Crippen molar-refractivity contribution in [1.29, 1.82) is 0 Å². The molecule has 1 fully saturated rings. The van der Waals surface area contributed by atoms with Gasteiger partial charge in [-0.15, -0.1) is 10.2 Å². The Kier molecular flexibility index (Phi) is 8.53. The lowest BCUT2D eigenvalue weighted by Gasteiger charge is -2.37. The summed E-state index contributed by atoms with van der Waals surface area (Å²) in [5.74, 6) is 1.53. The quantitative estimate of drug-likeness (QED) is 0.650. The van der Waals surface area contributed by atoms with Gasteiger partial charge in [-0.2, -0.15) is 0 Å². The van der Waals surface area contributed by atoms with Gasteiger partial charge in [-0.1, -0.05) is 19.1 Å². The molecule has 3 rings (SSSR count). The van der Waals surface area contributed by atoms with E-state index in [2.05, 4.69) is 20.4 Å². The number of urea groups is 1. The second-order valence-corrected chi connectivity index (χ2v) is 9.94. The minimum atomic E-state index is -0.360. The Morgan fingerprint density at radius 2 is 1.83 bits per heavy atom. The van der Waals surface area contributed by atoms with Crippen molar-refractivity contribution in [3.63, 3.8) is 0 Å². The fourth-order valence-electron chi connectivity index (χ4n) is 3.90. The highest BCUT2D eigenvalue weighted by Crippen LogP contribution is 2.23. The van der Waals surface area contributed by atoms with Crippen molar-refractivity contribution in [3.05, 3.63) is 36.4 Å². The Morgan fingerprint density at radius 3 is 2.40 bits per heavy atom. The molecule has 0 bridgehead atoms. The van der Waals surface area contributed by atoms with Crippen molar-refractivity contribution in [2.45, 2.75) is 52.6 Å². The zero-order valence-corrected chi connectivity index (χ0v) is 21.7. The Bertz CT molecular complexity index is 997. The van der Waals surface area contributed by atoms with Crippen LogP contribution in [0.4, 0.5) is 10.6 Å². The van der Waals surface area contributed by atoms with Crippen LogP contribution in [0, 0.1) is 0 Å². The Hall–Kier alpha value is -3.36. The number of hydrogen-bond acceptors (Lipinski definition) is 6. The highest BCUT2D eigenvalue weighted by Gasteiger charge is 2.29. The molecule has 0 radical (unpaired) electrons. The van der Waals surface area contributed by atoms with Crippen LogP contribution in [-0.2, 0) is 4.79 Å². The van der Waals surface area contributed by atoms with Gasteiger partial charge in [-0.25, -0.2) is 4.79 Å². The van der Waals surface area contributed by atoms with Crippen LogP contribution in [0.15, 0.2) is 36.4 Å². The number of methoxy groups -OCH3 is 1. The molecule has 9 heteroatoms. The summed E-state index contributed by atoms with van der Waals surface area (Å²) in [4.78, 5) is 31.4. The van der Waals surface area contributed by atoms with Crippen LogP contribution in [0.5, 0.6) is 5.75 Å². The number of benzene rings is 1. The molecule has 0 aliphatic carbocycles. The van der Waals surface area contributed by atoms with Gasteiger partial charge in [0.25, 0.3) is 0 Å². The predicted molar refractivity (Wildman–Crippen MR) is 138 cm³/mol. The fraction of sp³-hybridized carbons (Fsp3) is 0.538. The third kappa shape index (κ3) is 7.07. The molecule has 1 N–H and O–H groups in total. The average Bonchev–Trinajstić information content (AvgIpc) is 2.85. The van der Waals surface area contributed by atoms with Crippen LogP contribution in [-0.4, -0.2) is 83.3 Å². The number of nitrogens with one attached hydrogen (secondary N) is 1. The molecule has 1 aliphatic heterocycles. The van der Waals surface area contributed by atoms with Crippen molar-refractivity contribution in [1.82, 2.24) is 25.3 Å². The molecular formula is C26H38N6O3. The number of hydrogen-bond donors (Lipinski definition) is 1. The minimum absolute atomic E-state index is 0.0269. The maximum Gasteiger partial charge on any atom is 0.318 e. The summed E-state index contributed by atoms with van der Waals surface area (Å²) in [5, 5.41) is 11.8. The zero-order chi connectivity index (χ0) is 25.6. The number of carbonyl (C=O) groups is 2. The second kappa shape index (κ2) is 11.4. The molecule has 1 aromatic carbocycles. The summed E-state index contributed by atoms with van der Waals surface area (Å²) < 4.78 is 5.29. The lowest BCUT2D eigenvalue weighted by atomic mass is 10.1. The third-order valence-electron chi connectivity index (χ3n) is 6.14. The molecule has 3 amide bonds. The van der Waals surface area contributed by atoms with Gasteiger partial charge in [0, 0.05) is 43.3 Å². The summed E-state index contributed by atoms with van der Waals surface area (Å²) in [6.07, 6.45) is 0.781. The van der Waals surface area contributed by atoms with E-state index in [-0.39, 0.29) is 30.1 Å². The first-order chi connectivity index (χ1) is 16.6. The summed E-state index contributed by atoms with van der Waals surface area (Å²) in [6.45, 7) is 12.4. The van der Waals surface area contributed by atoms with Gasteiger partial charge >= 0.3 is 6.03 Å². The van der Waals surface area contributed by atoms with Gasteiger partial charge in [0.05, 0.1) is 12.8 Å². The van der Waals surface area contributed by atoms with Crippen molar-refractivity contribution in [2.24, 2.45) is 0 Å². The topological polar surface area (TPSA) is 90.9 Å². The predicted octanol–water partition coefficient (Wildman–Crippen LogP) is 3.41. The van der Waals surface area contributed by atoms with Gasteiger partial charge in [-0.05, 0) is 58.4 Å². The van der Waals surface area contributed by atoms with Crippen molar-refractivity contribution in [3.8, 4) is 17.0 Å². The second-order valence-electron chi connectivity index (χ2n) is 9.94. The van der Waals surface area contributed by atoms with Gasteiger partial charge in [0.2, 0.25) is 5.91 Å². The zero-order valence-electron chi connectivity index (χ0n) is 21.7. The fourth-order valence-corrected chi connectivity index (χ4v) is 3.90. The van der Waals surface area contributed by atoms with Crippen LogP contribution in [0.3, 0.4) is 0 Å². The molecule has 0 unspecified atom stereocenters. The molecule has 1 atom stereocenters. The molecule has 190 valence electrons. The number of anilines is 1. The summed E-state index contributed by atoms with van der Waals surface area (Å²) >= 11 is 0. The molecule has 2 aromatic rings. The summed E-state index contributed by atoms with van der Waals surface area (Å²) in [7, 11) is 1.64. The van der Waals surface area contributed by atoms with E-state index in [1.807, 2.05) is 75.9 Å². The monoisotopic (exact) mass is 482 g/mol. The molecule has 2 heterocycles. The number of nitrogens with zero attached hydrogens (tertiary/aromatic N) is 5. The highest BCUT2D eigenvalue weighted by molar-refractivity contribution is 5.84. The Labute approximate surface area is 208 Å². The van der Waals surface area contributed by atoms with Crippen LogP contribution < -0.4 is 15.0 Å². The van der Waals surface area contributed by atoms with Crippen molar-refractivity contribution < 1.29 is 14.3 Å². The highest BCUT2D eigenvalue weighted by atomic mass is 16.5. The first-order valence-corrected chi connectivity index (χ1v) is 12.2. The first-order valence-electron chi connectivity index (χ1n) is 12.2. The van der Waals surface area contributed by atoms with Crippen LogP contribution in [0.1, 0.15) is 41.0 Å². The van der Waals surface area contributed by atoms with Crippen molar-refractivity contribution in [2.75, 3.05) is 44.7 Å². The van der Waals surface area contributed by atoms with Gasteiger partial charge in [0.15, 0.2) is 5.82 Å². The van der Waals surface area contributed by atoms with Crippen molar-refractivity contribution >= 4 is 17.8 Å².